The fourth-order valence-electron chi connectivity index (χ4n) is 4.71. The van der Waals surface area contributed by atoms with Crippen LogP contribution in [0, 0.1) is 0 Å². The van der Waals surface area contributed by atoms with Crippen LogP contribution in [0.3, 0.4) is 0 Å². The maximum atomic E-state index is 12.1. The number of aliphatic hydroxyl groups is 1. The molecule has 1 heterocycles. The Kier molecular flexibility index (Phi) is 5.29. The van der Waals surface area contributed by atoms with Crippen LogP contribution >= 0.6 is 0 Å². The molecule has 1 aromatic carbocycles. The summed E-state index contributed by atoms with van der Waals surface area (Å²) < 4.78 is 10.9. The zero-order valence-electron chi connectivity index (χ0n) is 15.9. The van der Waals surface area contributed by atoms with Crippen molar-refractivity contribution in [3.63, 3.8) is 0 Å². The van der Waals surface area contributed by atoms with Crippen molar-refractivity contribution >= 4 is 11.9 Å². The van der Waals surface area contributed by atoms with E-state index >= 15 is 0 Å². The number of hydrogen-bond donors (Lipinski definition) is 1. The molecule has 3 rings (SSSR count). The Morgan fingerprint density at radius 1 is 1.37 bits per heavy atom. The summed E-state index contributed by atoms with van der Waals surface area (Å²) in [6.45, 7) is 5.71. The van der Waals surface area contributed by atoms with Crippen molar-refractivity contribution in [2.45, 2.75) is 49.7 Å². The van der Waals surface area contributed by atoms with E-state index in [0.29, 0.717) is 38.0 Å². The topological polar surface area (TPSA) is 76.1 Å². The molecule has 3 atom stereocenters. The van der Waals surface area contributed by atoms with Gasteiger partial charge in [0, 0.05) is 18.9 Å². The fraction of sp³-hybridized carbons (Fsp3) is 0.524. The van der Waals surface area contributed by atoms with Crippen LogP contribution in [0.1, 0.15) is 38.2 Å². The Morgan fingerprint density at radius 3 is 2.81 bits per heavy atom. The molecule has 2 aliphatic rings. The average Bonchev–Trinajstić information content (AvgIpc) is 2.66. The Bertz CT molecular complexity index is 748. The second-order valence-corrected chi connectivity index (χ2v) is 7.53. The van der Waals surface area contributed by atoms with Gasteiger partial charge in [-0.15, -0.1) is 0 Å². The largest absolute Gasteiger partial charge is 0.497 e. The van der Waals surface area contributed by atoms with Gasteiger partial charge in [0.15, 0.2) is 0 Å². The van der Waals surface area contributed by atoms with E-state index in [-0.39, 0.29) is 24.5 Å². The van der Waals surface area contributed by atoms with Crippen molar-refractivity contribution in [2.75, 3.05) is 20.2 Å². The van der Waals surface area contributed by atoms with Crippen LogP contribution in [0.15, 0.2) is 36.9 Å². The second kappa shape index (κ2) is 7.35. The van der Waals surface area contributed by atoms with Crippen LogP contribution in [0.5, 0.6) is 5.75 Å². The highest BCUT2D eigenvalue weighted by molar-refractivity contribution is 5.87. The Hall–Kier alpha value is -2.34. The Morgan fingerprint density at radius 2 is 2.15 bits per heavy atom. The van der Waals surface area contributed by atoms with Crippen molar-refractivity contribution in [3.05, 3.63) is 42.5 Å². The van der Waals surface area contributed by atoms with Gasteiger partial charge in [0.25, 0.3) is 0 Å². The predicted octanol–water partition coefficient (Wildman–Crippen LogP) is 2.20. The maximum Gasteiger partial charge on any atom is 0.302 e. The highest BCUT2D eigenvalue weighted by Gasteiger charge is 2.58. The van der Waals surface area contributed by atoms with E-state index < -0.39 is 11.0 Å². The average molecular weight is 373 g/mol. The van der Waals surface area contributed by atoms with Crippen molar-refractivity contribution in [3.8, 4) is 5.75 Å². The number of esters is 1. The smallest absolute Gasteiger partial charge is 0.302 e. The molecule has 27 heavy (non-hydrogen) atoms. The molecule has 1 aliphatic carbocycles. The summed E-state index contributed by atoms with van der Waals surface area (Å²) in [5.74, 6) is 0.221. The Labute approximate surface area is 159 Å². The van der Waals surface area contributed by atoms with Crippen LogP contribution in [0.4, 0.5) is 0 Å². The van der Waals surface area contributed by atoms with E-state index in [0.717, 1.165) is 5.56 Å². The first-order valence-electron chi connectivity index (χ1n) is 9.29. The molecule has 1 saturated heterocycles. The zero-order valence-corrected chi connectivity index (χ0v) is 15.9. The molecule has 1 saturated carbocycles. The van der Waals surface area contributed by atoms with Gasteiger partial charge in [0.1, 0.15) is 11.9 Å². The lowest BCUT2D eigenvalue weighted by Crippen LogP contribution is -2.66. The molecule has 6 nitrogen and oxygen atoms in total. The van der Waals surface area contributed by atoms with Crippen LogP contribution < -0.4 is 4.74 Å². The van der Waals surface area contributed by atoms with Gasteiger partial charge in [-0.3, -0.25) is 9.59 Å². The first-order chi connectivity index (χ1) is 12.8. The molecule has 146 valence electrons. The van der Waals surface area contributed by atoms with Crippen LogP contribution in [-0.2, 0) is 19.7 Å². The SMILES string of the molecule is C=CC(=O)N1CCC2(c3cccc(OC)c3)CC(OC(C)=O)CCC2(O)C1. The van der Waals surface area contributed by atoms with Crippen LogP contribution in [0.2, 0.25) is 0 Å². The summed E-state index contributed by atoms with van der Waals surface area (Å²) in [6, 6.07) is 7.68. The van der Waals surface area contributed by atoms with Gasteiger partial charge in [0.2, 0.25) is 5.91 Å². The van der Waals surface area contributed by atoms with Gasteiger partial charge in [-0.25, -0.2) is 0 Å². The molecule has 1 aromatic rings. The number of likely N-dealkylation sites (tertiary alicyclic amines) is 1. The van der Waals surface area contributed by atoms with E-state index in [1.165, 1.54) is 13.0 Å². The van der Waals surface area contributed by atoms with E-state index in [9.17, 15) is 14.7 Å². The molecule has 6 heteroatoms. The van der Waals surface area contributed by atoms with Gasteiger partial charge in [-0.2, -0.15) is 0 Å². The number of piperidine rings is 1. The lowest BCUT2D eigenvalue weighted by Gasteiger charge is -2.57. The maximum absolute atomic E-state index is 12.1. The lowest BCUT2D eigenvalue weighted by atomic mass is 9.55. The van der Waals surface area contributed by atoms with E-state index in [1.807, 2.05) is 24.3 Å². The Balaban J connectivity index is 2.02. The summed E-state index contributed by atoms with van der Waals surface area (Å²) >= 11 is 0. The fourth-order valence-corrected chi connectivity index (χ4v) is 4.71. The first kappa shape index (κ1) is 19.4. The zero-order chi connectivity index (χ0) is 19.7. The third-order valence-electron chi connectivity index (χ3n) is 6.05. The summed E-state index contributed by atoms with van der Waals surface area (Å²) in [6.07, 6.45) is 3.14. The molecule has 0 spiro atoms. The summed E-state index contributed by atoms with van der Waals surface area (Å²) in [4.78, 5) is 25.3. The van der Waals surface area contributed by atoms with Crippen molar-refractivity contribution in [1.29, 1.82) is 0 Å². The molecule has 1 aliphatic heterocycles. The number of ether oxygens (including phenoxy) is 2. The van der Waals surface area contributed by atoms with Crippen molar-refractivity contribution < 1.29 is 24.2 Å². The van der Waals surface area contributed by atoms with Gasteiger partial charge in [-0.05, 0) is 49.5 Å². The molecule has 1 N–H and O–H groups in total. The molecule has 0 aromatic heterocycles. The van der Waals surface area contributed by atoms with Gasteiger partial charge >= 0.3 is 5.97 Å². The molecular formula is C21H27NO5. The number of nitrogens with zero attached hydrogens (tertiary/aromatic N) is 1. The summed E-state index contributed by atoms with van der Waals surface area (Å²) in [7, 11) is 1.61. The molecule has 1 amide bonds. The monoisotopic (exact) mass is 373 g/mol. The molecule has 2 fully saturated rings. The van der Waals surface area contributed by atoms with Crippen LogP contribution in [-0.4, -0.2) is 53.8 Å². The number of rotatable bonds is 4. The standard InChI is InChI=1S/C21H27NO5/c1-4-19(24)22-11-10-20(16-6-5-7-17(12-16)26-3)13-18(27-15(2)23)8-9-21(20,25)14-22/h4-7,12,18,25H,1,8-11,13-14H2,2-3H3. The third-order valence-corrected chi connectivity index (χ3v) is 6.05. The molecule has 0 bridgehead atoms. The summed E-state index contributed by atoms with van der Waals surface area (Å²) in [5.41, 5.74) is -0.767. The van der Waals surface area contributed by atoms with Crippen molar-refractivity contribution in [1.82, 2.24) is 4.90 Å². The number of hydrogen-bond acceptors (Lipinski definition) is 5. The highest BCUT2D eigenvalue weighted by Crippen LogP contribution is 2.52. The lowest BCUT2D eigenvalue weighted by molar-refractivity contribution is -0.170. The van der Waals surface area contributed by atoms with Crippen LogP contribution in [0.25, 0.3) is 0 Å². The number of β-amino-alcohol motifs (C(OH)–C–C–N with tert-alkyl or cyclic N) is 1. The van der Waals surface area contributed by atoms with Crippen molar-refractivity contribution in [2.24, 2.45) is 0 Å². The minimum atomic E-state index is -1.10. The summed E-state index contributed by atoms with van der Waals surface area (Å²) in [5, 5.41) is 11.7. The van der Waals surface area contributed by atoms with Gasteiger partial charge in [-0.1, -0.05) is 18.7 Å². The molecular weight excluding hydrogens is 346 g/mol. The highest BCUT2D eigenvalue weighted by atomic mass is 16.5. The van der Waals surface area contributed by atoms with Gasteiger partial charge in [0.05, 0.1) is 19.3 Å². The van der Waals surface area contributed by atoms with E-state index in [4.69, 9.17) is 9.47 Å². The quantitative estimate of drug-likeness (QED) is 0.647. The van der Waals surface area contributed by atoms with E-state index in [1.54, 1.807) is 12.0 Å². The second-order valence-electron chi connectivity index (χ2n) is 7.53. The van der Waals surface area contributed by atoms with E-state index in [2.05, 4.69) is 6.58 Å². The number of fused-ring (bicyclic) bond motifs is 1. The number of carbonyl (C=O) groups excluding carboxylic acids is 2. The number of amides is 1. The molecule has 3 unspecified atom stereocenters. The molecule has 0 radical (unpaired) electrons. The minimum absolute atomic E-state index is 0.176. The minimum Gasteiger partial charge on any atom is -0.497 e. The van der Waals surface area contributed by atoms with Gasteiger partial charge < -0.3 is 19.5 Å². The normalized spacial score (nSPS) is 30.2. The number of methoxy groups -OCH3 is 1. The predicted molar refractivity (Wildman–Crippen MR) is 100 cm³/mol. The third kappa shape index (κ3) is 3.46. The first-order valence-corrected chi connectivity index (χ1v) is 9.29. The number of benzene rings is 1. The number of carbonyl (C=O) groups is 2.